The fraction of sp³-hybridized carbons (Fsp3) is 0.0952. The van der Waals surface area contributed by atoms with E-state index in [1.807, 2.05) is 0 Å². The quantitative estimate of drug-likeness (QED) is 0.227. The summed E-state index contributed by atoms with van der Waals surface area (Å²) in [5.41, 5.74) is -0.946. The third-order valence-electron chi connectivity index (χ3n) is 4.62. The second-order valence-electron chi connectivity index (χ2n) is 6.84. The van der Waals surface area contributed by atoms with Crippen LogP contribution < -0.4 is 10.1 Å². The Bertz CT molecular complexity index is 1330. The molecule has 4 rings (SSSR count). The number of hydrogen-bond donors (Lipinski definition) is 1. The van der Waals surface area contributed by atoms with E-state index in [2.05, 4.69) is 15.5 Å². The van der Waals surface area contributed by atoms with E-state index in [0.29, 0.717) is 10.8 Å². The number of nitrogens with zero attached hydrogens (tertiary/aromatic N) is 4. The molecule has 4 aromatic rings. The van der Waals surface area contributed by atoms with Crippen LogP contribution in [0.15, 0.2) is 48.8 Å². The number of amides is 1. The van der Waals surface area contributed by atoms with E-state index in [1.165, 1.54) is 29.2 Å². The first kappa shape index (κ1) is 23.2. The van der Waals surface area contributed by atoms with Crippen LogP contribution in [0.2, 0.25) is 5.02 Å². The Balaban J connectivity index is 1.44. The lowest BCUT2D eigenvalue weighted by Crippen LogP contribution is -2.20. The molecule has 0 aliphatic rings. The molecule has 0 fully saturated rings. The van der Waals surface area contributed by atoms with Crippen LogP contribution >= 0.6 is 11.6 Å². The second-order valence-corrected chi connectivity index (χ2v) is 7.28. The molecule has 0 bridgehead atoms. The molecule has 34 heavy (non-hydrogen) atoms. The molecule has 1 N–H and O–H groups in total. The van der Waals surface area contributed by atoms with Gasteiger partial charge in [-0.25, -0.2) is 26.6 Å². The number of halogens is 6. The van der Waals surface area contributed by atoms with Gasteiger partial charge >= 0.3 is 0 Å². The Morgan fingerprint density at radius 1 is 0.941 bits per heavy atom. The molecule has 2 aromatic carbocycles. The average Bonchev–Trinajstić information content (AvgIpc) is 3.48. The molecule has 0 saturated heterocycles. The van der Waals surface area contributed by atoms with E-state index in [9.17, 15) is 26.7 Å². The van der Waals surface area contributed by atoms with E-state index in [4.69, 9.17) is 16.3 Å². The van der Waals surface area contributed by atoms with Crippen molar-refractivity contribution in [2.75, 3.05) is 5.32 Å². The van der Waals surface area contributed by atoms with Crippen LogP contribution in [-0.4, -0.2) is 25.5 Å². The predicted octanol–water partition coefficient (Wildman–Crippen LogP) is 4.77. The lowest BCUT2D eigenvalue weighted by Gasteiger charge is -2.10. The molecular weight excluding hydrogens is 485 g/mol. The van der Waals surface area contributed by atoms with Crippen molar-refractivity contribution in [3.63, 3.8) is 0 Å². The fourth-order valence-corrected chi connectivity index (χ4v) is 3.07. The Morgan fingerprint density at radius 3 is 2.26 bits per heavy atom. The highest BCUT2D eigenvalue weighted by Crippen LogP contribution is 2.24. The number of nitrogens with one attached hydrogen (secondary N) is 1. The SMILES string of the molecule is O=C(Nc1ccn(Cc2c(F)c(F)c(F)c(F)c2F)n1)c1ccnn1COc1ccc(Cl)cc1. The molecule has 176 valence electrons. The lowest BCUT2D eigenvalue weighted by atomic mass is 10.1. The Hall–Kier alpha value is -3.93. The number of ether oxygens (including phenoxy) is 1. The maximum absolute atomic E-state index is 13.9. The van der Waals surface area contributed by atoms with Gasteiger partial charge < -0.3 is 10.1 Å². The molecule has 0 unspecified atom stereocenters. The minimum absolute atomic E-state index is 0.0276. The maximum atomic E-state index is 13.9. The van der Waals surface area contributed by atoms with Gasteiger partial charge in [0.05, 0.1) is 12.1 Å². The summed E-state index contributed by atoms with van der Waals surface area (Å²) < 4.78 is 75.5. The molecule has 0 aliphatic heterocycles. The lowest BCUT2D eigenvalue weighted by molar-refractivity contribution is 0.100. The van der Waals surface area contributed by atoms with Crippen molar-refractivity contribution in [1.29, 1.82) is 0 Å². The summed E-state index contributed by atoms with van der Waals surface area (Å²) in [6.07, 6.45) is 2.58. The van der Waals surface area contributed by atoms with Gasteiger partial charge in [-0.2, -0.15) is 10.2 Å². The van der Waals surface area contributed by atoms with E-state index in [0.717, 1.165) is 4.68 Å². The summed E-state index contributed by atoms with van der Waals surface area (Å²) >= 11 is 5.82. The molecule has 0 atom stereocenters. The van der Waals surface area contributed by atoms with Gasteiger partial charge in [-0.3, -0.25) is 9.48 Å². The van der Waals surface area contributed by atoms with Crippen LogP contribution in [0.25, 0.3) is 0 Å². The Morgan fingerprint density at radius 2 is 1.59 bits per heavy atom. The molecule has 2 aromatic heterocycles. The highest BCUT2D eigenvalue weighted by Gasteiger charge is 2.26. The topological polar surface area (TPSA) is 74.0 Å². The maximum Gasteiger partial charge on any atom is 0.275 e. The Labute approximate surface area is 193 Å². The van der Waals surface area contributed by atoms with Gasteiger partial charge in [0.1, 0.15) is 11.4 Å². The molecular formula is C21H13ClF5N5O2. The molecule has 7 nitrogen and oxygen atoms in total. The van der Waals surface area contributed by atoms with E-state index in [1.54, 1.807) is 24.3 Å². The van der Waals surface area contributed by atoms with Crippen molar-refractivity contribution in [3.8, 4) is 5.75 Å². The van der Waals surface area contributed by atoms with Gasteiger partial charge in [-0.1, -0.05) is 11.6 Å². The van der Waals surface area contributed by atoms with E-state index < -0.39 is 47.1 Å². The standard InChI is InChI=1S/C21H13ClF5N5O2/c22-11-1-3-12(4-2-11)34-10-32-14(5-7-28-32)21(33)29-15-6-8-31(30-15)9-13-16(23)18(25)20(27)19(26)17(13)24/h1-8H,9-10H2,(H,29,30,33). The molecule has 13 heteroatoms. The van der Waals surface area contributed by atoms with E-state index in [-0.39, 0.29) is 18.2 Å². The van der Waals surface area contributed by atoms with Crippen molar-refractivity contribution in [3.05, 3.63) is 94.2 Å². The summed E-state index contributed by atoms with van der Waals surface area (Å²) in [5.74, 6) is -10.4. The van der Waals surface area contributed by atoms with Gasteiger partial charge in [0, 0.05) is 23.5 Å². The first-order chi connectivity index (χ1) is 16.2. The molecule has 2 heterocycles. The summed E-state index contributed by atoms with van der Waals surface area (Å²) in [6.45, 7) is -0.847. The summed E-state index contributed by atoms with van der Waals surface area (Å²) in [6, 6.07) is 9.26. The van der Waals surface area contributed by atoms with Crippen molar-refractivity contribution in [2.45, 2.75) is 13.3 Å². The molecule has 0 radical (unpaired) electrons. The van der Waals surface area contributed by atoms with E-state index >= 15 is 0 Å². The third-order valence-corrected chi connectivity index (χ3v) is 4.87. The monoisotopic (exact) mass is 497 g/mol. The molecule has 0 aliphatic carbocycles. The van der Waals surface area contributed by atoms with Gasteiger partial charge in [0.25, 0.3) is 5.91 Å². The molecule has 0 saturated carbocycles. The summed E-state index contributed by atoms with van der Waals surface area (Å²) in [4.78, 5) is 12.6. The number of anilines is 1. The fourth-order valence-electron chi connectivity index (χ4n) is 2.94. The van der Waals surface area contributed by atoms with Crippen LogP contribution in [-0.2, 0) is 13.3 Å². The molecule has 0 spiro atoms. The first-order valence-electron chi connectivity index (χ1n) is 9.50. The van der Waals surface area contributed by atoms with Crippen molar-refractivity contribution >= 4 is 23.3 Å². The van der Waals surface area contributed by atoms with Crippen molar-refractivity contribution < 1.29 is 31.5 Å². The number of rotatable bonds is 7. The number of benzene rings is 2. The van der Waals surface area contributed by atoms with Crippen molar-refractivity contribution in [2.24, 2.45) is 0 Å². The zero-order valence-corrected chi connectivity index (χ0v) is 17.7. The molecule has 1 amide bonds. The minimum Gasteiger partial charge on any atom is -0.471 e. The van der Waals surface area contributed by atoms with Crippen LogP contribution in [0.4, 0.5) is 27.8 Å². The van der Waals surface area contributed by atoms with Crippen LogP contribution in [0, 0.1) is 29.1 Å². The van der Waals surface area contributed by atoms with Gasteiger partial charge in [-0.15, -0.1) is 0 Å². The van der Waals surface area contributed by atoms with Crippen LogP contribution in [0.1, 0.15) is 16.1 Å². The largest absolute Gasteiger partial charge is 0.471 e. The van der Waals surface area contributed by atoms with Gasteiger partial charge in [-0.05, 0) is 30.3 Å². The summed E-state index contributed by atoms with van der Waals surface area (Å²) in [7, 11) is 0. The van der Waals surface area contributed by atoms with Crippen molar-refractivity contribution in [1.82, 2.24) is 19.6 Å². The first-order valence-corrected chi connectivity index (χ1v) is 9.87. The van der Waals surface area contributed by atoms with Gasteiger partial charge in [0.15, 0.2) is 35.8 Å². The zero-order chi connectivity index (χ0) is 24.4. The Kier molecular flexibility index (Phi) is 6.50. The van der Waals surface area contributed by atoms with Crippen LogP contribution in [0.5, 0.6) is 5.75 Å². The van der Waals surface area contributed by atoms with Crippen LogP contribution in [0.3, 0.4) is 0 Å². The number of carbonyl (C=O) groups excluding carboxylic acids is 1. The number of aromatic nitrogens is 4. The average molecular weight is 498 g/mol. The number of hydrogen-bond acceptors (Lipinski definition) is 4. The predicted molar refractivity (Wildman–Crippen MR) is 110 cm³/mol. The second kappa shape index (κ2) is 9.51. The normalized spacial score (nSPS) is 11.0. The van der Waals surface area contributed by atoms with Gasteiger partial charge in [0.2, 0.25) is 5.82 Å². The third kappa shape index (κ3) is 4.71. The smallest absolute Gasteiger partial charge is 0.275 e. The zero-order valence-electron chi connectivity index (χ0n) is 16.9. The number of carbonyl (C=O) groups is 1. The summed E-state index contributed by atoms with van der Waals surface area (Å²) in [5, 5.41) is 10.9. The highest BCUT2D eigenvalue weighted by molar-refractivity contribution is 6.30. The minimum atomic E-state index is -2.25. The highest BCUT2D eigenvalue weighted by atomic mass is 35.5.